The highest BCUT2D eigenvalue weighted by atomic mass is 16.6. The molecule has 2 aliphatic carbocycles. The van der Waals surface area contributed by atoms with Crippen LogP contribution in [-0.4, -0.2) is 228 Å². The molecule has 5 aromatic rings. The summed E-state index contributed by atoms with van der Waals surface area (Å²) >= 11 is 0. The van der Waals surface area contributed by atoms with Gasteiger partial charge < -0.3 is 60.3 Å². The number of anilines is 1. The molecule has 25 heteroatoms. The number of piperidine rings is 1. The van der Waals surface area contributed by atoms with Crippen LogP contribution in [0, 0.1) is 5.92 Å². The average molecular weight is 1280 g/mol. The van der Waals surface area contributed by atoms with E-state index in [1.807, 2.05) is 88.5 Å². The number of aryl methyl sites for hydroxylation is 1. The summed E-state index contributed by atoms with van der Waals surface area (Å²) in [6, 6.07) is 21.5. The Morgan fingerprint density at radius 3 is 2.17 bits per heavy atom. The lowest BCUT2D eigenvalue weighted by Crippen LogP contribution is -2.59. The fraction of sp³-hybridized carbons (Fsp3) is 0.544. The van der Waals surface area contributed by atoms with Gasteiger partial charge in [0, 0.05) is 83.6 Å². The molecule has 6 amide bonds. The van der Waals surface area contributed by atoms with Gasteiger partial charge in [-0.2, -0.15) is 5.10 Å². The van der Waals surface area contributed by atoms with Gasteiger partial charge in [0.1, 0.15) is 54.1 Å². The van der Waals surface area contributed by atoms with Crippen molar-refractivity contribution < 1.29 is 57.6 Å². The summed E-state index contributed by atoms with van der Waals surface area (Å²) in [4.78, 5) is 99.1. The number of nitrogen functional groups attached to an aromatic ring is 1. The van der Waals surface area contributed by atoms with Crippen molar-refractivity contribution in [2.75, 3.05) is 125 Å². The largest absolute Gasteiger partial charge is 0.465 e. The van der Waals surface area contributed by atoms with Crippen molar-refractivity contribution in [3.63, 3.8) is 0 Å². The minimum Gasteiger partial charge on any atom is -0.465 e. The van der Waals surface area contributed by atoms with Crippen molar-refractivity contribution >= 4 is 52.5 Å². The second-order valence-electron chi connectivity index (χ2n) is 24.8. The molecule has 3 aromatic carbocycles. The van der Waals surface area contributed by atoms with Gasteiger partial charge in [-0.25, -0.2) is 19.4 Å². The SMILES string of the molecule is C[C@@H](C(=O)N[C@H](C(=O)N1C[C@@H](NC(=O)COCCOCCOCCOCCN2CCN(C/C=C/C(=O)N3CCC[C@@H](n4nc(-c5ccc(Oc6ccccc6)cc5)c5c(N)ncnc54)C3)CC2)C[C@H]1C(=O)N[C@@H]1CCCc2ccccc21)C1CCCCC1)N(C)C(=O)O. The van der Waals surface area contributed by atoms with Crippen LogP contribution in [0.4, 0.5) is 10.6 Å². The number of likely N-dealkylation sites (N-methyl/N-ethyl adjacent to an activating group) is 1. The number of amides is 6. The van der Waals surface area contributed by atoms with E-state index in [-0.39, 0.29) is 62.6 Å². The number of para-hydroxylation sites is 1. The molecule has 6 N–H and O–H groups in total. The first-order valence-electron chi connectivity index (χ1n) is 33.0. The second kappa shape index (κ2) is 33.7. The van der Waals surface area contributed by atoms with Gasteiger partial charge >= 0.3 is 6.09 Å². The average Bonchev–Trinajstić information content (AvgIpc) is 1.65. The molecule has 4 fully saturated rings. The number of nitrogens with two attached hydrogens (primary N) is 1. The lowest BCUT2D eigenvalue weighted by Gasteiger charge is -2.36. The molecule has 3 saturated heterocycles. The number of fused-ring (bicyclic) bond motifs is 2. The first-order chi connectivity index (χ1) is 45.3. The lowest BCUT2D eigenvalue weighted by molar-refractivity contribution is -0.143. The smallest absolute Gasteiger partial charge is 0.407 e. The molecule has 10 rings (SSSR count). The van der Waals surface area contributed by atoms with Gasteiger partial charge in [-0.1, -0.05) is 67.8 Å². The zero-order valence-electron chi connectivity index (χ0n) is 53.6. The molecule has 25 nitrogen and oxygen atoms in total. The van der Waals surface area contributed by atoms with E-state index >= 15 is 0 Å². The Morgan fingerprint density at radius 1 is 0.742 bits per heavy atom. The molecule has 0 radical (unpaired) electrons. The molecule has 500 valence electrons. The van der Waals surface area contributed by atoms with Crippen molar-refractivity contribution in [1.82, 2.24) is 60.2 Å². The molecule has 3 aliphatic heterocycles. The minimum absolute atomic E-state index is 0.0171. The molecule has 0 unspecified atom stereocenters. The van der Waals surface area contributed by atoms with Gasteiger partial charge in [-0.05, 0) is 112 Å². The molecule has 0 spiro atoms. The van der Waals surface area contributed by atoms with Gasteiger partial charge in [0.25, 0.3) is 0 Å². The van der Waals surface area contributed by atoms with Gasteiger partial charge in [0.15, 0.2) is 5.65 Å². The number of nitrogens with zero attached hydrogens (tertiary/aromatic N) is 9. The fourth-order valence-corrected chi connectivity index (χ4v) is 13.3. The van der Waals surface area contributed by atoms with E-state index in [9.17, 15) is 33.9 Å². The summed E-state index contributed by atoms with van der Waals surface area (Å²) in [6.07, 6.45) is 12.4. The Hall–Kier alpha value is -8.07. The Kier molecular flexibility index (Phi) is 24.6. The quantitative estimate of drug-likeness (QED) is 0.0287. The van der Waals surface area contributed by atoms with E-state index in [0.29, 0.717) is 93.8 Å². The number of nitrogens with one attached hydrogen (secondary N) is 3. The highest BCUT2D eigenvalue weighted by Gasteiger charge is 2.46. The summed E-state index contributed by atoms with van der Waals surface area (Å²) in [5.74, 6) is -0.182. The molecule has 6 atom stereocenters. The number of hydrogen-bond donors (Lipinski definition) is 5. The molecule has 2 aromatic heterocycles. The summed E-state index contributed by atoms with van der Waals surface area (Å²) in [5, 5.41) is 24.4. The fourth-order valence-electron chi connectivity index (χ4n) is 13.3. The van der Waals surface area contributed by atoms with E-state index < -0.39 is 48.0 Å². The molecular formula is C68H91N13O12. The van der Waals surface area contributed by atoms with Gasteiger partial charge in [-0.15, -0.1) is 0 Å². The zero-order valence-corrected chi connectivity index (χ0v) is 53.6. The van der Waals surface area contributed by atoms with Crippen molar-refractivity contribution in [2.24, 2.45) is 5.92 Å². The van der Waals surface area contributed by atoms with Crippen LogP contribution in [0.25, 0.3) is 22.3 Å². The number of piperazine rings is 1. The van der Waals surface area contributed by atoms with Gasteiger partial charge in [0.2, 0.25) is 29.5 Å². The highest BCUT2D eigenvalue weighted by molar-refractivity contribution is 5.98. The molecule has 1 saturated carbocycles. The van der Waals surface area contributed by atoms with Crippen LogP contribution in [-0.2, 0) is 49.3 Å². The monoisotopic (exact) mass is 1280 g/mol. The molecule has 5 heterocycles. The third-order valence-corrected chi connectivity index (χ3v) is 18.6. The van der Waals surface area contributed by atoms with Crippen LogP contribution in [0.1, 0.15) is 94.3 Å². The Balaban J connectivity index is 0.582. The summed E-state index contributed by atoms with van der Waals surface area (Å²) in [5.41, 5.74) is 10.9. The number of aromatic nitrogens is 4. The first-order valence-corrected chi connectivity index (χ1v) is 33.0. The van der Waals surface area contributed by atoms with Crippen LogP contribution in [0.5, 0.6) is 11.5 Å². The maximum Gasteiger partial charge on any atom is 0.407 e. The number of carboxylic acid groups (broad SMARTS) is 1. The number of carbonyl (C=O) groups excluding carboxylic acids is 5. The van der Waals surface area contributed by atoms with Crippen molar-refractivity contribution in [1.29, 1.82) is 0 Å². The number of ether oxygens (including phenoxy) is 5. The molecular weight excluding hydrogens is 1190 g/mol. The van der Waals surface area contributed by atoms with E-state index in [2.05, 4.69) is 41.8 Å². The van der Waals surface area contributed by atoms with Crippen molar-refractivity contribution in [3.05, 3.63) is 108 Å². The van der Waals surface area contributed by atoms with Gasteiger partial charge in [0.05, 0.1) is 63.7 Å². The van der Waals surface area contributed by atoms with E-state index in [1.54, 1.807) is 6.08 Å². The Labute approximate surface area is 543 Å². The highest BCUT2D eigenvalue weighted by Crippen LogP contribution is 2.36. The second-order valence-corrected chi connectivity index (χ2v) is 24.8. The molecule has 0 bridgehead atoms. The van der Waals surface area contributed by atoms with E-state index in [0.717, 1.165) is 106 Å². The predicted octanol–water partition coefficient (Wildman–Crippen LogP) is 5.61. The van der Waals surface area contributed by atoms with E-state index in [1.165, 1.54) is 30.8 Å². The summed E-state index contributed by atoms with van der Waals surface area (Å²) in [7, 11) is 1.31. The third-order valence-electron chi connectivity index (χ3n) is 18.6. The van der Waals surface area contributed by atoms with Crippen LogP contribution in [0.15, 0.2) is 97.3 Å². The number of rotatable bonds is 29. The predicted molar refractivity (Wildman–Crippen MR) is 348 cm³/mol. The third kappa shape index (κ3) is 18.4. The minimum atomic E-state index is -1.27. The van der Waals surface area contributed by atoms with Crippen molar-refractivity contribution in [2.45, 2.75) is 114 Å². The Morgan fingerprint density at radius 2 is 1.43 bits per heavy atom. The Bertz CT molecular complexity index is 3320. The number of benzene rings is 3. The van der Waals surface area contributed by atoms with Crippen molar-refractivity contribution in [3.8, 4) is 22.8 Å². The zero-order chi connectivity index (χ0) is 65.1. The maximum atomic E-state index is 14.8. The first kappa shape index (κ1) is 67.8. The molecule has 5 aliphatic rings. The molecule has 93 heavy (non-hydrogen) atoms. The normalized spacial score (nSPS) is 20.5. The van der Waals surface area contributed by atoms with Crippen LogP contribution in [0.3, 0.4) is 0 Å². The number of hydrogen-bond acceptors (Lipinski definition) is 17. The standard InChI is InChI=1S/C68H91N13O12/c1-47(76(2)68(87)88)65(84)74-62(49-15-5-3-6-16-49)67(86)80-43-51(42-57(80)66(85)73-56-22-11-17-48-14-9-10-21-55(48)56)72-58(82)45-92-41-40-91-39-38-90-37-36-89-35-34-78-32-30-77(31-33-78)28-13-23-59(83)79-29-12-18-52(44-79)81-64-60(63(69)70-46-71-64)61(75-81)50-24-26-54(27-25-50)93-53-19-7-4-8-20-53/h4,7-10,13-14,19-21,23-27,46-47,49,51-52,56-57,62H,3,5-6,11-12,15-18,22,28-45H2,1-2H3,(H,72,82)(H,73,85)(H,74,84)(H,87,88)(H2,69,70,71)/b23-13+/t47-,51-,52+,56+,57-,62-/m0/s1. The summed E-state index contributed by atoms with van der Waals surface area (Å²) < 4.78 is 30.8. The maximum absolute atomic E-state index is 14.8. The summed E-state index contributed by atoms with van der Waals surface area (Å²) in [6.45, 7) is 10.1. The number of likely N-dealkylation sites (tertiary alicyclic amines) is 2. The lowest BCUT2D eigenvalue weighted by atomic mass is 9.83. The topological polar surface area (TPSA) is 291 Å². The number of carbonyl (C=O) groups is 6. The van der Waals surface area contributed by atoms with Crippen LogP contribution >= 0.6 is 0 Å². The van der Waals surface area contributed by atoms with Gasteiger partial charge in [-0.3, -0.25) is 38.7 Å². The van der Waals surface area contributed by atoms with Crippen LogP contribution in [0.2, 0.25) is 0 Å². The van der Waals surface area contributed by atoms with Crippen LogP contribution < -0.4 is 26.4 Å². The van der Waals surface area contributed by atoms with E-state index in [4.69, 9.17) is 34.5 Å².